The van der Waals surface area contributed by atoms with Gasteiger partial charge in [0.15, 0.2) is 5.89 Å². The summed E-state index contributed by atoms with van der Waals surface area (Å²) in [4.78, 5) is 29.4. The zero-order valence-corrected chi connectivity index (χ0v) is 14.8. The van der Waals surface area contributed by atoms with Crippen LogP contribution >= 0.6 is 0 Å². The van der Waals surface area contributed by atoms with E-state index in [0.29, 0.717) is 5.89 Å². The molecule has 1 aliphatic rings. The normalized spacial score (nSPS) is 21.3. The van der Waals surface area contributed by atoms with Crippen LogP contribution in [0.1, 0.15) is 36.6 Å². The standard InChI is InChI=1S/C19H19FN2O5/c1-11-18(13-6-4-3-5-7-13)27-19(25)22(11)17(24)9-16(23)15(20)8-14-10-26-12(2)21-14/h3-8,10-11,16,18,23H,9H2,1-2H3/t11-,16-,18-/m0/s1. The molecule has 0 aliphatic carbocycles. The van der Waals surface area contributed by atoms with Crippen molar-refractivity contribution in [1.82, 2.24) is 9.88 Å². The molecule has 0 spiro atoms. The maximum atomic E-state index is 14.1. The van der Waals surface area contributed by atoms with E-state index in [9.17, 15) is 19.1 Å². The lowest BCUT2D eigenvalue weighted by Gasteiger charge is -2.20. The van der Waals surface area contributed by atoms with Crippen LogP contribution in [0, 0.1) is 6.92 Å². The van der Waals surface area contributed by atoms with Crippen LogP contribution in [0.4, 0.5) is 9.18 Å². The number of benzene rings is 1. The second kappa shape index (κ2) is 7.71. The molecule has 1 fully saturated rings. The fraction of sp³-hybridized carbons (Fsp3) is 0.316. The van der Waals surface area contributed by atoms with Gasteiger partial charge in [-0.3, -0.25) is 4.79 Å². The van der Waals surface area contributed by atoms with Crippen molar-refractivity contribution in [1.29, 1.82) is 0 Å². The molecule has 27 heavy (non-hydrogen) atoms. The highest BCUT2D eigenvalue weighted by atomic mass is 19.1. The number of carbonyl (C=O) groups excluding carboxylic acids is 2. The second-order valence-corrected chi connectivity index (χ2v) is 6.26. The van der Waals surface area contributed by atoms with E-state index in [1.165, 1.54) is 6.26 Å². The Morgan fingerprint density at radius 3 is 2.74 bits per heavy atom. The van der Waals surface area contributed by atoms with Crippen molar-refractivity contribution in [3.05, 3.63) is 59.6 Å². The molecule has 1 saturated heterocycles. The number of rotatable bonds is 5. The molecule has 0 radical (unpaired) electrons. The molecule has 142 valence electrons. The molecule has 0 bridgehead atoms. The summed E-state index contributed by atoms with van der Waals surface area (Å²) in [5.74, 6) is -1.32. The van der Waals surface area contributed by atoms with Gasteiger partial charge >= 0.3 is 6.09 Å². The molecule has 0 unspecified atom stereocenters. The van der Waals surface area contributed by atoms with Crippen LogP contribution in [0.15, 0.2) is 46.8 Å². The van der Waals surface area contributed by atoms with Crippen molar-refractivity contribution in [3.63, 3.8) is 0 Å². The molecule has 3 atom stereocenters. The number of hydrogen-bond donors (Lipinski definition) is 1. The van der Waals surface area contributed by atoms with Crippen LogP contribution in [0.3, 0.4) is 0 Å². The highest BCUT2D eigenvalue weighted by molar-refractivity contribution is 5.94. The van der Waals surface area contributed by atoms with Crippen molar-refractivity contribution in [2.24, 2.45) is 0 Å². The Bertz CT molecular complexity index is 864. The van der Waals surface area contributed by atoms with Crippen molar-refractivity contribution >= 4 is 18.1 Å². The molecule has 1 aliphatic heterocycles. The van der Waals surface area contributed by atoms with Crippen molar-refractivity contribution in [2.45, 2.75) is 38.5 Å². The number of aliphatic hydroxyl groups is 1. The predicted octanol–water partition coefficient (Wildman–Crippen LogP) is 3.15. The van der Waals surface area contributed by atoms with Gasteiger partial charge in [-0.2, -0.15) is 0 Å². The zero-order valence-electron chi connectivity index (χ0n) is 14.8. The highest BCUT2D eigenvalue weighted by Gasteiger charge is 2.43. The molecule has 2 amide bonds. The van der Waals surface area contributed by atoms with Gasteiger partial charge in [-0.05, 0) is 12.5 Å². The molecular formula is C19H19FN2O5. The van der Waals surface area contributed by atoms with Gasteiger partial charge in [-0.1, -0.05) is 30.3 Å². The number of ether oxygens (including phenoxy) is 1. The lowest BCUT2D eigenvalue weighted by molar-refractivity contribution is -0.130. The van der Waals surface area contributed by atoms with E-state index in [1.807, 2.05) is 6.07 Å². The van der Waals surface area contributed by atoms with Gasteiger partial charge in [0.2, 0.25) is 5.91 Å². The summed E-state index contributed by atoms with van der Waals surface area (Å²) in [5.41, 5.74) is 0.941. The molecule has 0 saturated carbocycles. The minimum absolute atomic E-state index is 0.189. The maximum absolute atomic E-state index is 14.1. The third kappa shape index (κ3) is 4.06. The molecule has 1 aromatic carbocycles. The van der Waals surface area contributed by atoms with Crippen LogP contribution in [0.5, 0.6) is 0 Å². The van der Waals surface area contributed by atoms with Gasteiger partial charge in [0.25, 0.3) is 0 Å². The van der Waals surface area contributed by atoms with Crippen LogP contribution in [-0.2, 0) is 9.53 Å². The van der Waals surface area contributed by atoms with Crippen LogP contribution in [-0.4, -0.2) is 39.1 Å². The number of cyclic esters (lactones) is 1. The molecule has 1 N–H and O–H groups in total. The lowest BCUT2D eigenvalue weighted by Crippen LogP contribution is -2.39. The summed E-state index contributed by atoms with van der Waals surface area (Å²) in [6, 6.07) is 8.44. The molecule has 1 aromatic heterocycles. The van der Waals surface area contributed by atoms with Crippen LogP contribution in [0.25, 0.3) is 6.08 Å². The second-order valence-electron chi connectivity index (χ2n) is 6.26. The maximum Gasteiger partial charge on any atom is 0.417 e. The summed E-state index contributed by atoms with van der Waals surface area (Å²) in [7, 11) is 0. The summed E-state index contributed by atoms with van der Waals surface area (Å²) >= 11 is 0. The zero-order chi connectivity index (χ0) is 19.6. The number of imide groups is 1. The molecular weight excluding hydrogens is 355 g/mol. The van der Waals surface area contributed by atoms with Gasteiger partial charge in [-0.25, -0.2) is 19.1 Å². The van der Waals surface area contributed by atoms with Crippen LogP contribution < -0.4 is 0 Å². The summed E-state index contributed by atoms with van der Waals surface area (Å²) < 4.78 is 24.4. The minimum atomic E-state index is -1.70. The molecule has 2 heterocycles. The number of aryl methyl sites for hydroxylation is 1. The third-order valence-corrected chi connectivity index (χ3v) is 4.28. The topological polar surface area (TPSA) is 92.9 Å². The van der Waals surface area contributed by atoms with Crippen molar-refractivity contribution < 1.29 is 28.2 Å². The number of halogens is 1. The van der Waals surface area contributed by atoms with E-state index >= 15 is 0 Å². The van der Waals surface area contributed by atoms with Gasteiger partial charge in [0.05, 0.1) is 12.5 Å². The summed E-state index contributed by atoms with van der Waals surface area (Å²) in [6.45, 7) is 3.26. The van der Waals surface area contributed by atoms with E-state index in [1.54, 1.807) is 38.1 Å². The van der Waals surface area contributed by atoms with E-state index in [4.69, 9.17) is 9.15 Å². The monoisotopic (exact) mass is 374 g/mol. The number of amides is 2. The number of oxazole rings is 1. The predicted molar refractivity (Wildman–Crippen MR) is 92.9 cm³/mol. The SMILES string of the molecule is Cc1nc(C=C(F)[C@@H](O)CC(=O)N2C(=O)O[C@H](c3ccccc3)[C@@H]2C)co1. The van der Waals surface area contributed by atoms with Gasteiger partial charge in [0.1, 0.15) is 30.0 Å². The minimum Gasteiger partial charge on any atom is -0.449 e. The third-order valence-electron chi connectivity index (χ3n) is 4.28. The Balaban J connectivity index is 1.68. The first-order valence-electron chi connectivity index (χ1n) is 8.41. The Hall–Kier alpha value is -3.00. The number of nitrogens with zero attached hydrogens (tertiary/aromatic N) is 2. The number of aromatic nitrogens is 1. The van der Waals surface area contributed by atoms with Crippen LogP contribution in [0.2, 0.25) is 0 Å². The number of carbonyl (C=O) groups is 2. The highest BCUT2D eigenvalue weighted by Crippen LogP contribution is 2.33. The summed E-state index contributed by atoms with van der Waals surface area (Å²) in [5, 5.41) is 9.97. The van der Waals surface area contributed by atoms with E-state index < -0.39 is 42.5 Å². The summed E-state index contributed by atoms with van der Waals surface area (Å²) in [6.07, 6.45) is -1.52. The van der Waals surface area contributed by atoms with Crippen molar-refractivity contribution in [2.75, 3.05) is 0 Å². The van der Waals surface area contributed by atoms with Crippen molar-refractivity contribution in [3.8, 4) is 0 Å². The van der Waals surface area contributed by atoms with Gasteiger partial charge in [-0.15, -0.1) is 0 Å². The Morgan fingerprint density at radius 2 is 2.11 bits per heavy atom. The quantitative estimate of drug-likeness (QED) is 0.864. The van der Waals surface area contributed by atoms with Gasteiger partial charge < -0.3 is 14.3 Å². The first kappa shape index (κ1) is 18.8. The van der Waals surface area contributed by atoms with E-state index in [2.05, 4.69) is 4.98 Å². The van der Waals surface area contributed by atoms with Gasteiger partial charge in [0, 0.05) is 13.0 Å². The average Bonchev–Trinajstić information content (AvgIpc) is 3.17. The molecule has 7 nitrogen and oxygen atoms in total. The van der Waals surface area contributed by atoms with E-state index in [0.717, 1.165) is 16.5 Å². The fourth-order valence-corrected chi connectivity index (χ4v) is 2.93. The van der Waals surface area contributed by atoms with E-state index in [-0.39, 0.29) is 5.69 Å². The Labute approximate surface area is 155 Å². The Kier molecular flexibility index (Phi) is 5.36. The Morgan fingerprint density at radius 1 is 1.41 bits per heavy atom. The molecule has 8 heteroatoms. The average molecular weight is 374 g/mol. The largest absolute Gasteiger partial charge is 0.449 e. The lowest BCUT2D eigenvalue weighted by atomic mass is 10.0. The fourth-order valence-electron chi connectivity index (χ4n) is 2.93. The number of aliphatic hydroxyl groups excluding tert-OH is 1. The molecule has 2 aromatic rings. The first-order valence-corrected chi connectivity index (χ1v) is 8.41. The first-order chi connectivity index (χ1) is 12.9. The smallest absolute Gasteiger partial charge is 0.417 e. The molecule has 3 rings (SSSR count). The number of hydrogen-bond acceptors (Lipinski definition) is 6.